The van der Waals surface area contributed by atoms with Crippen molar-refractivity contribution in [1.82, 2.24) is 0 Å². The minimum atomic E-state index is -0.426. The van der Waals surface area contributed by atoms with Crippen LogP contribution < -0.4 is 0 Å². The second kappa shape index (κ2) is 12.5. The topological polar surface area (TPSA) is 34.1 Å². The highest BCUT2D eigenvalue weighted by Gasteiger charge is 2.45. The van der Waals surface area contributed by atoms with Crippen LogP contribution in [0.25, 0.3) is 11.1 Å². The number of halogens is 2. The van der Waals surface area contributed by atoms with E-state index in [1.807, 2.05) is 36.4 Å². The fraction of sp³-hybridized carbons (Fsp3) is 0.548. The van der Waals surface area contributed by atoms with Gasteiger partial charge in [0.05, 0.1) is 0 Å². The molecule has 2 atom stereocenters. The summed E-state index contributed by atoms with van der Waals surface area (Å²) in [5.74, 6) is 1.12. The number of carbonyl (C=O) groups is 2. The van der Waals surface area contributed by atoms with Crippen LogP contribution in [-0.4, -0.2) is 10.5 Å². The molecule has 2 aromatic carbocycles. The Morgan fingerprint density at radius 1 is 0.714 bits per heavy atom. The van der Waals surface area contributed by atoms with Crippen LogP contribution in [0.4, 0.5) is 0 Å². The van der Waals surface area contributed by atoms with E-state index in [-0.39, 0.29) is 5.41 Å². The summed E-state index contributed by atoms with van der Waals surface area (Å²) in [5, 5.41) is -0.851. The molecule has 0 N–H and O–H groups in total. The third-order valence-electron chi connectivity index (χ3n) is 8.18. The first-order valence-corrected chi connectivity index (χ1v) is 14.3. The van der Waals surface area contributed by atoms with Crippen LogP contribution in [0.5, 0.6) is 0 Å². The second-order valence-electron chi connectivity index (χ2n) is 10.4. The molecule has 0 aromatic heterocycles. The number of hydrogen-bond acceptors (Lipinski definition) is 2. The Hall–Kier alpha value is -1.64. The quantitative estimate of drug-likeness (QED) is 0.235. The summed E-state index contributed by atoms with van der Waals surface area (Å²) in [5.41, 5.74) is 5.53. The summed E-state index contributed by atoms with van der Waals surface area (Å²) in [4.78, 5) is 24.4. The zero-order chi connectivity index (χ0) is 25.6. The molecule has 0 radical (unpaired) electrons. The number of rotatable bonds is 14. The number of fused-ring (bicyclic) bond motifs is 3. The van der Waals surface area contributed by atoms with Gasteiger partial charge in [0.1, 0.15) is 0 Å². The molecule has 0 spiro atoms. The Labute approximate surface area is 221 Å². The van der Waals surface area contributed by atoms with Gasteiger partial charge in [-0.25, -0.2) is 0 Å². The van der Waals surface area contributed by atoms with Crippen molar-refractivity contribution in [2.75, 3.05) is 0 Å². The number of carbonyl (C=O) groups excluding carboxylic acids is 2. The molecule has 1 aliphatic carbocycles. The largest absolute Gasteiger partial charge is 0.276 e. The molecule has 2 nitrogen and oxygen atoms in total. The van der Waals surface area contributed by atoms with Gasteiger partial charge in [-0.15, -0.1) is 0 Å². The van der Waals surface area contributed by atoms with Gasteiger partial charge in [0.25, 0.3) is 10.5 Å². The maximum absolute atomic E-state index is 12.2. The molecule has 0 fully saturated rings. The summed E-state index contributed by atoms with van der Waals surface area (Å²) in [7, 11) is 0. The van der Waals surface area contributed by atoms with E-state index in [0.29, 0.717) is 23.0 Å². The first-order valence-electron chi connectivity index (χ1n) is 13.5. The predicted molar refractivity (Wildman–Crippen MR) is 149 cm³/mol. The van der Waals surface area contributed by atoms with E-state index < -0.39 is 10.5 Å². The van der Waals surface area contributed by atoms with Gasteiger partial charge in [-0.3, -0.25) is 9.59 Å². The summed E-state index contributed by atoms with van der Waals surface area (Å²) in [6.07, 6.45) is 11.4. The third kappa shape index (κ3) is 6.03. The van der Waals surface area contributed by atoms with E-state index in [4.69, 9.17) is 23.2 Å². The minimum Gasteiger partial charge on any atom is -0.276 e. The fourth-order valence-electron chi connectivity index (χ4n) is 6.14. The molecular formula is C31H40Cl2O2. The molecule has 2 unspecified atom stereocenters. The maximum Gasteiger partial charge on any atom is 0.252 e. The average molecular weight is 516 g/mol. The molecule has 4 heteroatoms. The van der Waals surface area contributed by atoms with Crippen LogP contribution in [0.2, 0.25) is 0 Å². The number of unbranched alkanes of at least 4 members (excludes halogenated alkanes) is 2. The van der Waals surface area contributed by atoms with Gasteiger partial charge in [0, 0.05) is 16.5 Å². The fourth-order valence-corrected chi connectivity index (χ4v) is 6.37. The van der Waals surface area contributed by atoms with Gasteiger partial charge in [0.2, 0.25) is 0 Å². The maximum atomic E-state index is 12.2. The molecular weight excluding hydrogens is 475 g/mol. The van der Waals surface area contributed by atoms with Crippen LogP contribution in [0.15, 0.2) is 36.4 Å². The Balaban J connectivity index is 2.27. The van der Waals surface area contributed by atoms with Crippen LogP contribution in [0, 0.1) is 11.8 Å². The summed E-state index contributed by atoms with van der Waals surface area (Å²) >= 11 is 12.0. The van der Waals surface area contributed by atoms with Crippen molar-refractivity contribution < 1.29 is 9.59 Å². The van der Waals surface area contributed by atoms with E-state index >= 15 is 0 Å². The van der Waals surface area contributed by atoms with Crippen molar-refractivity contribution in [2.45, 2.75) is 97.3 Å². The standard InChI is InChI=1S/C31H40Cl2O2/c1-5-9-11-21(7-3)19-31(20-22(8-4)12-10-6-2)27-17-23(29(32)34)13-15-25(27)26-16-14-24(30(33)35)18-28(26)31/h13-18,21-22H,5-12,19-20H2,1-4H3. The van der Waals surface area contributed by atoms with Crippen molar-refractivity contribution in [2.24, 2.45) is 11.8 Å². The molecule has 0 amide bonds. The molecule has 35 heavy (non-hydrogen) atoms. The van der Waals surface area contributed by atoms with Gasteiger partial charge in [-0.1, -0.05) is 91.2 Å². The van der Waals surface area contributed by atoms with Crippen LogP contribution >= 0.6 is 23.2 Å². The molecule has 0 saturated heterocycles. The molecule has 0 heterocycles. The van der Waals surface area contributed by atoms with Crippen LogP contribution in [0.3, 0.4) is 0 Å². The van der Waals surface area contributed by atoms with Gasteiger partial charge in [0.15, 0.2) is 0 Å². The van der Waals surface area contributed by atoms with Crippen LogP contribution in [-0.2, 0) is 5.41 Å². The molecule has 1 aliphatic rings. The Morgan fingerprint density at radius 2 is 1.11 bits per heavy atom. The zero-order valence-corrected chi connectivity index (χ0v) is 23.3. The Morgan fingerprint density at radius 3 is 1.43 bits per heavy atom. The molecule has 0 aliphatic heterocycles. The lowest BCUT2D eigenvalue weighted by molar-refractivity contribution is 0.107. The second-order valence-corrected chi connectivity index (χ2v) is 11.1. The van der Waals surface area contributed by atoms with Crippen molar-refractivity contribution >= 4 is 33.7 Å². The normalized spacial score (nSPS) is 15.4. The highest BCUT2D eigenvalue weighted by atomic mass is 35.5. The van der Waals surface area contributed by atoms with Crippen molar-refractivity contribution in [3.05, 3.63) is 58.7 Å². The smallest absolute Gasteiger partial charge is 0.252 e. The lowest BCUT2D eigenvalue weighted by Gasteiger charge is -2.39. The van der Waals surface area contributed by atoms with E-state index in [9.17, 15) is 9.59 Å². The van der Waals surface area contributed by atoms with E-state index in [1.165, 1.54) is 49.7 Å². The lowest BCUT2D eigenvalue weighted by atomic mass is 9.65. The summed E-state index contributed by atoms with van der Waals surface area (Å²) < 4.78 is 0. The van der Waals surface area contributed by atoms with Crippen molar-refractivity contribution in [3.8, 4) is 11.1 Å². The predicted octanol–water partition coefficient (Wildman–Crippen LogP) is 9.92. The SMILES string of the molecule is CCCCC(CC)CC1(CC(CC)CCCC)c2cc(C(=O)Cl)ccc2-c2ccc(C(=O)Cl)cc21. The van der Waals surface area contributed by atoms with Crippen molar-refractivity contribution in [3.63, 3.8) is 0 Å². The highest BCUT2D eigenvalue weighted by molar-refractivity contribution is 6.68. The molecule has 0 bridgehead atoms. The summed E-state index contributed by atoms with van der Waals surface area (Å²) in [6, 6.07) is 11.8. The Kier molecular flexibility index (Phi) is 10.0. The molecule has 3 rings (SSSR count). The molecule has 2 aromatic rings. The van der Waals surface area contributed by atoms with Gasteiger partial charge in [-0.05, 0) is 94.4 Å². The van der Waals surface area contributed by atoms with Gasteiger partial charge < -0.3 is 0 Å². The number of benzene rings is 2. The van der Waals surface area contributed by atoms with Crippen molar-refractivity contribution in [1.29, 1.82) is 0 Å². The zero-order valence-electron chi connectivity index (χ0n) is 21.8. The van der Waals surface area contributed by atoms with Gasteiger partial charge >= 0.3 is 0 Å². The third-order valence-corrected chi connectivity index (χ3v) is 8.61. The molecule has 190 valence electrons. The monoisotopic (exact) mass is 514 g/mol. The first-order chi connectivity index (χ1) is 16.8. The van der Waals surface area contributed by atoms with E-state index in [0.717, 1.165) is 36.8 Å². The minimum absolute atomic E-state index is 0.266. The highest BCUT2D eigenvalue weighted by Crippen LogP contribution is 2.56. The Bertz CT molecular complexity index is 959. The molecule has 0 saturated carbocycles. The number of hydrogen-bond donors (Lipinski definition) is 0. The average Bonchev–Trinajstić information content (AvgIpc) is 3.12. The first kappa shape index (κ1) is 27.9. The van der Waals surface area contributed by atoms with E-state index in [2.05, 4.69) is 27.7 Å². The van der Waals surface area contributed by atoms with E-state index in [1.54, 1.807) is 0 Å². The van der Waals surface area contributed by atoms with Crippen LogP contribution in [0.1, 0.15) is 124 Å². The lowest BCUT2D eigenvalue weighted by Crippen LogP contribution is -2.32. The van der Waals surface area contributed by atoms with Gasteiger partial charge in [-0.2, -0.15) is 0 Å². The summed E-state index contributed by atoms with van der Waals surface area (Å²) in [6.45, 7) is 9.07.